The van der Waals surface area contributed by atoms with Gasteiger partial charge in [-0.2, -0.15) is 10.2 Å². The highest BCUT2D eigenvalue weighted by Crippen LogP contribution is 2.16. The lowest BCUT2D eigenvalue weighted by Gasteiger charge is -2.25. The van der Waals surface area contributed by atoms with Gasteiger partial charge in [0.2, 0.25) is 11.8 Å². The Bertz CT molecular complexity index is 439. The second-order valence-electron chi connectivity index (χ2n) is 7.06. The topological polar surface area (TPSA) is 147 Å². The molecule has 10 nitrogen and oxygen atoms in total. The standard InChI is InChI=1S/C16H34N6O4/c1-11(17-7-9-23)19-13(25)15(3,4)21-22-16(5,6)14(26)20-12(2)18-8-10-24/h11-12,17-18,23-24H,7-10H2,1-6H3,(H,19,25)(H,20,26). The van der Waals surface area contributed by atoms with Crippen LogP contribution in [0.25, 0.3) is 0 Å². The van der Waals surface area contributed by atoms with Crippen molar-refractivity contribution in [3.05, 3.63) is 0 Å². The Morgan fingerprint density at radius 2 is 1.12 bits per heavy atom. The fourth-order valence-electron chi connectivity index (χ4n) is 1.75. The maximum atomic E-state index is 12.3. The van der Waals surface area contributed by atoms with Gasteiger partial charge >= 0.3 is 0 Å². The molecule has 0 heterocycles. The number of azo groups is 1. The maximum Gasteiger partial charge on any atom is 0.250 e. The molecule has 2 amide bonds. The first kappa shape index (κ1) is 24.4. The lowest BCUT2D eigenvalue weighted by atomic mass is 10.0. The van der Waals surface area contributed by atoms with Crippen molar-refractivity contribution in [3.63, 3.8) is 0 Å². The van der Waals surface area contributed by atoms with Gasteiger partial charge in [0, 0.05) is 13.1 Å². The van der Waals surface area contributed by atoms with E-state index in [0.717, 1.165) is 0 Å². The molecule has 0 aliphatic carbocycles. The molecule has 152 valence electrons. The summed E-state index contributed by atoms with van der Waals surface area (Å²) >= 11 is 0. The summed E-state index contributed by atoms with van der Waals surface area (Å²) in [5, 5.41) is 37.0. The number of carbonyl (C=O) groups excluding carboxylic acids is 2. The highest BCUT2D eigenvalue weighted by molar-refractivity contribution is 5.87. The monoisotopic (exact) mass is 374 g/mol. The van der Waals surface area contributed by atoms with Gasteiger partial charge in [0.15, 0.2) is 11.1 Å². The van der Waals surface area contributed by atoms with Crippen LogP contribution in [0.4, 0.5) is 0 Å². The Balaban J connectivity index is 4.79. The number of aliphatic hydroxyl groups excluding tert-OH is 2. The summed E-state index contributed by atoms with van der Waals surface area (Å²) in [7, 11) is 0. The normalized spacial score (nSPS) is 14.9. The third-order valence-corrected chi connectivity index (χ3v) is 3.48. The molecule has 0 aromatic heterocycles. The third kappa shape index (κ3) is 9.18. The number of carbonyl (C=O) groups is 2. The molecule has 6 N–H and O–H groups in total. The molecular formula is C16H34N6O4. The van der Waals surface area contributed by atoms with Crippen LogP contribution in [0, 0.1) is 0 Å². The van der Waals surface area contributed by atoms with E-state index in [-0.39, 0.29) is 37.4 Å². The minimum atomic E-state index is -1.16. The van der Waals surface area contributed by atoms with Crippen LogP contribution < -0.4 is 21.3 Å². The molecular weight excluding hydrogens is 340 g/mol. The number of hydrogen-bond acceptors (Lipinski definition) is 8. The summed E-state index contributed by atoms with van der Waals surface area (Å²) in [6, 6.07) is 0. The van der Waals surface area contributed by atoms with Crippen LogP contribution in [-0.2, 0) is 9.59 Å². The fourth-order valence-corrected chi connectivity index (χ4v) is 1.75. The van der Waals surface area contributed by atoms with E-state index in [1.807, 2.05) is 0 Å². The van der Waals surface area contributed by atoms with E-state index in [1.165, 1.54) is 0 Å². The minimum absolute atomic E-state index is 0.0296. The molecule has 0 rings (SSSR count). The van der Waals surface area contributed by atoms with Gasteiger partial charge in [-0.05, 0) is 41.5 Å². The molecule has 0 aliphatic heterocycles. The van der Waals surface area contributed by atoms with Crippen molar-refractivity contribution in [2.45, 2.75) is 65.0 Å². The lowest BCUT2D eigenvalue weighted by Crippen LogP contribution is -2.52. The smallest absolute Gasteiger partial charge is 0.250 e. The zero-order valence-electron chi connectivity index (χ0n) is 16.6. The summed E-state index contributed by atoms with van der Waals surface area (Å²) < 4.78 is 0. The summed E-state index contributed by atoms with van der Waals surface area (Å²) in [6.07, 6.45) is -0.669. The molecule has 0 fully saturated rings. The molecule has 0 saturated heterocycles. The Labute approximate surface area is 155 Å². The SMILES string of the molecule is CC(NCCO)NC(=O)C(C)(C)N=NC(C)(C)C(=O)NC(C)NCCO. The Kier molecular flexibility index (Phi) is 10.5. The van der Waals surface area contributed by atoms with E-state index < -0.39 is 11.1 Å². The highest BCUT2D eigenvalue weighted by Gasteiger charge is 2.33. The van der Waals surface area contributed by atoms with E-state index in [9.17, 15) is 9.59 Å². The van der Waals surface area contributed by atoms with E-state index in [0.29, 0.717) is 13.1 Å². The minimum Gasteiger partial charge on any atom is -0.395 e. The molecule has 0 spiro atoms. The first-order valence-corrected chi connectivity index (χ1v) is 8.70. The summed E-state index contributed by atoms with van der Waals surface area (Å²) in [6.45, 7) is 10.6. The van der Waals surface area contributed by atoms with E-state index in [4.69, 9.17) is 10.2 Å². The summed E-state index contributed by atoms with van der Waals surface area (Å²) in [5.74, 6) is -0.707. The van der Waals surface area contributed by atoms with Crippen LogP contribution >= 0.6 is 0 Å². The molecule has 2 unspecified atom stereocenters. The van der Waals surface area contributed by atoms with Gasteiger partial charge in [-0.25, -0.2) is 0 Å². The Hall–Kier alpha value is -1.62. The average Bonchev–Trinajstić information content (AvgIpc) is 2.56. The number of hydrogen-bond donors (Lipinski definition) is 6. The second-order valence-corrected chi connectivity index (χ2v) is 7.06. The molecule has 10 heteroatoms. The van der Waals surface area contributed by atoms with Gasteiger partial charge in [-0.3, -0.25) is 20.2 Å². The van der Waals surface area contributed by atoms with Crippen LogP contribution in [0.5, 0.6) is 0 Å². The molecule has 0 aromatic carbocycles. The summed E-state index contributed by atoms with van der Waals surface area (Å²) in [5.41, 5.74) is -2.32. The van der Waals surface area contributed by atoms with Gasteiger partial charge in [-0.15, -0.1) is 0 Å². The van der Waals surface area contributed by atoms with Crippen molar-refractivity contribution in [1.29, 1.82) is 0 Å². The second kappa shape index (κ2) is 11.2. The molecule has 0 saturated carbocycles. The lowest BCUT2D eigenvalue weighted by molar-refractivity contribution is -0.128. The van der Waals surface area contributed by atoms with E-state index in [2.05, 4.69) is 31.5 Å². The van der Waals surface area contributed by atoms with E-state index in [1.54, 1.807) is 41.5 Å². The van der Waals surface area contributed by atoms with Crippen LogP contribution in [0.2, 0.25) is 0 Å². The number of amides is 2. The fraction of sp³-hybridized carbons (Fsp3) is 0.875. The van der Waals surface area contributed by atoms with Gasteiger partial charge in [-0.1, -0.05) is 0 Å². The number of nitrogens with one attached hydrogen (secondary N) is 4. The van der Waals surface area contributed by atoms with Crippen molar-refractivity contribution in [2.24, 2.45) is 10.2 Å². The third-order valence-electron chi connectivity index (χ3n) is 3.48. The zero-order valence-corrected chi connectivity index (χ0v) is 16.6. The largest absolute Gasteiger partial charge is 0.395 e. The van der Waals surface area contributed by atoms with Crippen molar-refractivity contribution >= 4 is 11.8 Å². The Morgan fingerprint density at radius 1 is 0.808 bits per heavy atom. The van der Waals surface area contributed by atoms with Crippen molar-refractivity contribution in [2.75, 3.05) is 26.3 Å². The zero-order chi connectivity index (χ0) is 20.4. The van der Waals surface area contributed by atoms with Gasteiger partial charge in [0.05, 0.1) is 25.5 Å². The quantitative estimate of drug-likeness (QED) is 0.192. The van der Waals surface area contributed by atoms with Crippen LogP contribution in [0.1, 0.15) is 41.5 Å². The van der Waals surface area contributed by atoms with Gasteiger partial charge < -0.3 is 20.8 Å². The highest BCUT2D eigenvalue weighted by atomic mass is 16.3. The molecule has 0 bridgehead atoms. The molecule has 26 heavy (non-hydrogen) atoms. The maximum absolute atomic E-state index is 12.3. The van der Waals surface area contributed by atoms with Crippen LogP contribution in [-0.4, -0.2) is 71.7 Å². The van der Waals surface area contributed by atoms with Crippen LogP contribution in [0.15, 0.2) is 10.2 Å². The predicted octanol–water partition coefficient (Wildman–Crippen LogP) is -0.916. The number of rotatable bonds is 12. The average molecular weight is 374 g/mol. The Morgan fingerprint density at radius 3 is 1.38 bits per heavy atom. The number of nitrogens with zero attached hydrogens (tertiary/aromatic N) is 2. The van der Waals surface area contributed by atoms with Gasteiger partial charge in [0.1, 0.15) is 0 Å². The molecule has 0 aliphatic rings. The first-order chi connectivity index (χ1) is 12.0. The van der Waals surface area contributed by atoms with Crippen LogP contribution in [0.3, 0.4) is 0 Å². The first-order valence-electron chi connectivity index (χ1n) is 8.70. The van der Waals surface area contributed by atoms with Crippen molar-refractivity contribution in [1.82, 2.24) is 21.3 Å². The molecule has 2 atom stereocenters. The van der Waals surface area contributed by atoms with Gasteiger partial charge in [0.25, 0.3) is 0 Å². The molecule has 0 radical (unpaired) electrons. The predicted molar refractivity (Wildman–Crippen MR) is 98.4 cm³/mol. The number of aliphatic hydroxyl groups is 2. The van der Waals surface area contributed by atoms with E-state index >= 15 is 0 Å². The van der Waals surface area contributed by atoms with Crippen molar-refractivity contribution < 1.29 is 19.8 Å². The van der Waals surface area contributed by atoms with Crippen molar-refractivity contribution in [3.8, 4) is 0 Å². The summed E-state index contributed by atoms with van der Waals surface area (Å²) in [4.78, 5) is 24.6. The molecule has 0 aromatic rings.